The number of carboxylic acid groups (broad SMARTS) is 1. The van der Waals surface area contributed by atoms with E-state index in [0.29, 0.717) is 75.2 Å². The Kier molecular flexibility index (Phi) is 33.4. The number of benzene rings is 7. The first-order valence-corrected chi connectivity index (χ1v) is 32.3. The van der Waals surface area contributed by atoms with Gasteiger partial charge >= 0.3 is 5.97 Å². The van der Waals surface area contributed by atoms with Gasteiger partial charge in [0.25, 0.3) is 0 Å². The summed E-state index contributed by atoms with van der Waals surface area (Å²) in [6.45, 7) is 1.65. The molecule has 0 bridgehead atoms. The number of hydrogen-bond acceptors (Lipinski definition) is 23. The summed E-state index contributed by atoms with van der Waals surface area (Å²) in [6.07, 6.45) is 4.62. The normalized spacial score (nSPS) is 10.7. The average Bonchev–Trinajstić information content (AvgIpc) is 1.76. The van der Waals surface area contributed by atoms with Crippen molar-refractivity contribution < 1.29 is 95.9 Å². The van der Waals surface area contributed by atoms with Gasteiger partial charge in [-0.2, -0.15) is 0 Å². The highest BCUT2D eigenvalue weighted by Crippen LogP contribution is 2.24. The third-order valence-corrected chi connectivity index (χ3v) is 14.0. The molecule has 3 N–H and O–H groups in total. The predicted molar refractivity (Wildman–Crippen MR) is 369 cm³/mol. The van der Waals surface area contributed by atoms with E-state index < -0.39 is 5.97 Å². The number of carboxylic acids is 1. The fraction of sp³-hybridized carbons (Fsp3) is 0.286. The van der Waals surface area contributed by atoms with E-state index in [1.807, 2.05) is 146 Å². The van der Waals surface area contributed by atoms with E-state index in [2.05, 4.69) is 68.0 Å². The molecule has 0 spiro atoms. The topological polar surface area (TPSA) is 287 Å². The predicted octanol–water partition coefficient (Wildman–Crippen LogP) is 8.24. The van der Waals surface area contributed by atoms with Gasteiger partial charge in [-0.15, -0.1) is 10.2 Å². The van der Waals surface area contributed by atoms with Crippen LogP contribution in [-0.4, -0.2) is 159 Å². The van der Waals surface area contributed by atoms with Crippen LogP contribution < -0.4 is 18.9 Å². The van der Waals surface area contributed by atoms with Gasteiger partial charge in [-0.1, -0.05) is 82.1 Å². The minimum Gasteiger partial charge on any atom is -0.478 e. The molecule has 0 aliphatic carbocycles. The number of carbonyl (C=O) groups is 1. The lowest BCUT2D eigenvalue weighted by molar-refractivity contribution is -0.153. The number of aromatic carboxylic acids is 1. The van der Waals surface area contributed by atoms with Gasteiger partial charge < -0.3 is 91.1 Å². The van der Waals surface area contributed by atoms with Crippen molar-refractivity contribution in [2.24, 2.45) is 0 Å². The summed E-state index contributed by atoms with van der Waals surface area (Å²) in [5.41, 5.74) is 9.96. The van der Waals surface area contributed by atoms with Gasteiger partial charge in [0.1, 0.15) is 61.6 Å². The summed E-state index contributed by atoms with van der Waals surface area (Å²) in [4.78, 5) is 11.8. The zero-order valence-corrected chi connectivity index (χ0v) is 56.3. The Morgan fingerprint density at radius 2 is 0.583 bits per heavy atom. The SMILES string of the molecule is O=C(O)c1cc(OCOCOCOCCc2ccc(C#Cc3ccc(C#Cc4ccc(OCOCOCOCCn5cc(CO)nn5)cc4)cc3)cc2)cc(OCOCOCOCCc2ccc(C#Cc3ccc(C#Cc4ccc(OCOCOCOCCn5cc(CO)nn5)cc4)cc3)cc2)c1. The van der Waals surface area contributed by atoms with Crippen molar-refractivity contribution in [2.45, 2.75) is 39.1 Å². The lowest BCUT2D eigenvalue weighted by Crippen LogP contribution is -2.11. The van der Waals surface area contributed by atoms with Gasteiger partial charge in [0.15, 0.2) is 54.3 Å². The Bertz CT molecular complexity index is 3960. The Labute approximate surface area is 595 Å². The van der Waals surface area contributed by atoms with Crippen molar-refractivity contribution in [2.75, 3.05) is 108 Å². The molecule has 0 aliphatic heterocycles. The molecule has 534 valence electrons. The molecule has 0 saturated carbocycles. The maximum absolute atomic E-state index is 11.8. The highest BCUT2D eigenvalue weighted by Gasteiger charge is 2.11. The molecule has 26 heteroatoms. The maximum atomic E-state index is 11.8. The maximum Gasteiger partial charge on any atom is 0.335 e. The standard InChI is InChI=1S/C77H76N6O20/c84-46-71-44-82(80-78-71)35-39-90-50-94-54-96-56-100-73-29-25-66(26-30-73)15-13-62-5-1-60(2-6-62)9-11-64-17-21-68(22-18-64)33-37-88-48-92-52-98-58-102-75-41-70(77(86)87)42-76(43-75)103-59-99-53-93-49-89-38-34-69-23-19-65(20-24-69)12-10-61-3-7-63(8-4-61)14-16-67-27-31-74(32-28-67)101-57-97-55-95-51-91-40-36-83-45-72(47-85)79-81-83/h1-8,17-32,41-45,84-85H,33-40,46-59H2,(H,86,87). The average molecular weight is 1410 g/mol. The van der Waals surface area contributed by atoms with Crippen molar-refractivity contribution in [3.05, 3.63) is 249 Å². The Hall–Kier alpha value is -10.8. The number of hydrogen-bond donors (Lipinski definition) is 3. The van der Waals surface area contributed by atoms with Crippen LogP contribution in [0.15, 0.2) is 176 Å². The zero-order valence-electron chi connectivity index (χ0n) is 56.3. The second kappa shape index (κ2) is 45.1. The van der Waals surface area contributed by atoms with Crippen molar-refractivity contribution in [3.63, 3.8) is 0 Å². The van der Waals surface area contributed by atoms with E-state index in [-0.39, 0.29) is 112 Å². The lowest BCUT2D eigenvalue weighted by Gasteiger charge is -2.12. The van der Waals surface area contributed by atoms with Gasteiger partial charge in [-0.05, 0) is 157 Å². The molecule has 0 amide bonds. The summed E-state index contributed by atoms with van der Waals surface area (Å²) >= 11 is 0. The molecule has 9 aromatic rings. The molecule has 0 unspecified atom stereocenters. The molecule has 2 heterocycles. The molecule has 0 radical (unpaired) electrons. The van der Waals surface area contributed by atoms with Gasteiger partial charge in [-0.3, -0.25) is 0 Å². The van der Waals surface area contributed by atoms with Crippen LogP contribution in [0.5, 0.6) is 23.0 Å². The first kappa shape index (κ1) is 76.4. The smallest absolute Gasteiger partial charge is 0.335 e. The molecule has 0 saturated heterocycles. The van der Waals surface area contributed by atoms with Gasteiger partial charge in [0, 0.05) is 50.6 Å². The summed E-state index contributed by atoms with van der Waals surface area (Å²) < 4.78 is 90.4. The van der Waals surface area contributed by atoms with Crippen LogP contribution >= 0.6 is 0 Å². The van der Waals surface area contributed by atoms with Crippen molar-refractivity contribution in [1.82, 2.24) is 30.0 Å². The van der Waals surface area contributed by atoms with Gasteiger partial charge in [0.05, 0.1) is 70.7 Å². The number of ether oxygens (including phenoxy) is 16. The number of nitrogens with zero attached hydrogens (tertiary/aromatic N) is 6. The molecule has 103 heavy (non-hydrogen) atoms. The molecular weight excluding hydrogens is 1330 g/mol. The summed E-state index contributed by atoms with van der Waals surface area (Å²) in [7, 11) is 0. The molecular formula is C77H76N6O20. The Morgan fingerprint density at radius 1 is 0.320 bits per heavy atom. The van der Waals surface area contributed by atoms with E-state index >= 15 is 0 Å². The van der Waals surface area contributed by atoms with E-state index in [4.69, 9.17) is 86.0 Å². The van der Waals surface area contributed by atoms with Gasteiger partial charge in [0.2, 0.25) is 0 Å². The number of aromatic nitrogens is 6. The number of aliphatic hydroxyl groups excluding tert-OH is 2. The minimum absolute atomic E-state index is 0.00298. The largest absolute Gasteiger partial charge is 0.478 e. The van der Waals surface area contributed by atoms with E-state index in [0.717, 1.165) is 55.6 Å². The number of rotatable bonds is 43. The van der Waals surface area contributed by atoms with E-state index in [9.17, 15) is 9.90 Å². The fourth-order valence-electron chi connectivity index (χ4n) is 8.65. The molecule has 2 aromatic heterocycles. The fourth-order valence-corrected chi connectivity index (χ4v) is 8.65. The Morgan fingerprint density at radius 3 is 0.874 bits per heavy atom. The first-order valence-electron chi connectivity index (χ1n) is 32.3. The molecule has 0 aliphatic rings. The second-order valence-electron chi connectivity index (χ2n) is 21.6. The third-order valence-electron chi connectivity index (χ3n) is 14.0. The van der Waals surface area contributed by atoms with Crippen LogP contribution in [0.1, 0.15) is 77.4 Å². The van der Waals surface area contributed by atoms with Crippen molar-refractivity contribution in [1.29, 1.82) is 0 Å². The first-order chi connectivity index (χ1) is 50.8. The van der Waals surface area contributed by atoms with Crippen molar-refractivity contribution >= 4 is 5.97 Å². The van der Waals surface area contributed by atoms with Crippen molar-refractivity contribution in [3.8, 4) is 70.4 Å². The van der Waals surface area contributed by atoms with Crippen LogP contribution in [0.3, 0.4) is 0 Å². The summed E-state index contributed by atoms with van der Waals surface area (Å²) in [5.74, 6) is 26.0. The highest BCUT2D eigenvalue weighted by atomic mass is 16.8. The molecule has 26 nitrogen and oxygen atoms in total. The minimum atomic E-state index is -1.17. The quantitative estimate of drug-likeness (QED) is 0.0184. The molecule has 0 atom stereocenters. The van der Waals surface area contributed by atoms with Crippen LogP contribution in [0, 0.1) is 47.4 Å². The van der Waals surface area contributed by atoms with Crippen LogP contribution in [0.4, 0.5) is 0 Å². The Balaban J connectivity index is 0.549. The third kappa shape index (κ3) is 30.1. The highest BCUT2D eigenvalue weighted by molar-refractivity contribution is 5.88. The summed E-state index contributed by atoms with van der Waals surface area (Å²) in [6, 6.07) is 50.4. The van der Waals surface area contributed by atoms with E-state index in [1.165, 1.54) is 18.2 Å². The van der Waals surface area contributed by atoms with Gasteiger partial charge in [-0.25, -0.2) is 14.2 Å². The monoisotopic (exact) mass is 1400 g/mol. The van der Waals surface area contributed by atoms with Crippen LogP contribution in [0.2, 0.25) is 0 Å². The lowest BCUT2D eigenvalue weighted by atomic mass is 10.1. The molecule has 0 fully saturated rings. The molecule has 7 aromatic carbocycles. The summed E-state index contributed by atoms with van der Waals surface area (Å²) in [5, 5.41) is 43.1. The second-order valence-corrected chi connectivity index (χ2v) is 21.6. The molecule has 9 rings (SSSR count). The van der Waals surface area contributed by atoms with Crippen LogP contribution in [-0.2, 0) is 96.0 Å². The zero-order chi connectivity index (χ0) is 71.4. The van der Waals surface area contributed by atoms with E-state index in [1.54, 1.807) is 21.8 Å². The number of aliphatic hydroxyl groups is 2. The van der Waals surface area contributed by atoms with Crippen LogP contribution in [0.25, 0.3) is 0 Å².